The normalized spacial score (nSPS) is 26.5. The molecule has 0 aromatic carbocycles. The minimum absolute atomic E-state index is 0.0986. The Morgan fingerprint density at radius 2 is 2.19 bits per heavy atom. The molecule has 0 radical (unpaired) electrons. The highest BCUT2D eigenvalue weighted by atomic mass is 32.2. The fraction of sp³-hybridized carbons (Fsp3) is 0.500. The van der Waals surface area contributed by atoms with Crippen molar-refractivity contribution in [3.8, 4) is 0 Å². The van der Waals surface area contributed by atoms with Crippen LogP contribution in [-0.2, 0) is 14.5 Å². The molecule has 1 aliphatic rings. The SMILES string of the molecule is Cc1ncnc2c1ccn2[C@H]1C[C@H](OS(N)(=O)=O)[C@@H](O)C1. The summed E-state index contributed by atoms with van der Waals surface area (Å²) in [5.41, 5.74) is 1.63. The van der Waals surface area contributed by atoms with Crippen LogP contribution >= 0.6 is 0 Å². The molecule has 0 spiro atoms. The van der Waals surface area contributed by atoms with E-state index in [2.05, 4.69) is 9.97 Å². The number of aryl methyl sites for hydroxylation is 1. The van der Waals surface area contributed by atoms with Gasteiger partial charge in [-0.3, -0.25) is 4.18 Å². The van der Waals surface area contributed by atoms with E-state index in [-0.39, 0.29) is 6.04 Å². The Labute approximate surface area is 121 Å². The van der Waals surface area contributed by atoms with Crippen LogP contribution in [0, 0.1) is 6.92 Å². The highest BCUT2D eigenvalue weighted by molar-refractivity contribution is 7.84. The van der Waals surface area contributed by atoms with Crippen molar-refractivity contribution in [1.29, 1.82) is 0 Å². The van der Waals surface area contributed by atoms with Gasteiger partial charge in [0.15, 0.2) is 0 Å². The molecule has 3 N–H and O–H groups in total. The summed E-state index contributed by atoms with van der Waals surface area (Å²) in [7, 11) is -4.08. The summed E-state index contributed by atoms with van der Waals surface area (Å²) in [5, 5.41) is 15.8. The van der Waals surface area contributed by atoms with Crippen LogP contribution in [0.5, 0.6) is 0 Å². The van der Waals surface area contributed by atoms with Crippen molar-refractivity contribution in [2.45, 2.75) is 38.0 Å². The molecule has 1 aliphatic carbocycles. The molecule has 0 bridgehead atoms. The second-order valence-electron chi connectivity index (χ2n) is 5.24. The van der Waals surface area contributed by atoms with E-state index in [1.165, 1.54) is 6.33 Å². The van der Waals surface area contributed by atoms with Crippen LogP contribution in [0.4, 0.5) is 0 Å². The zero-order valence-corrected chi connectivity index (χ0v) is 12.2. The Bertz CT molecular complexity index is 773. The average molecular weight is 312 g/mol. The zero-order valence-electron chi connectivity index (χ0n) is 11.4. The van der Waals surface area contributed by atoms with Crippen molar-refractivity contribution >= 4 is 21.3 Å². The second-order valence-corrected chi connectivity index (χ2v) is 6.42. The lowest BCUT2D eigenvalue weighted by atomic mass is 10.2. The van der Waals surface area contributed by atoms with E-state index in [4.69, 9.17) is 9.32 Å². The van der Waals surface area contributed by atoms with E-state index < -0.39 is 22.5 Å². The number of aliphatic hydroxyl groups excluding tert-OH is 1. The molecule has 3 rings (SSSR count). The highest BCUT2D eigenvalue weighted by Gasteiger charge is 2.37. The summed E-state index contributed by atoms with van der Waals surface area (Å²) in [6, 6.07) is 1.81. The molecule has 0 aliphatic heterocycles. The van der Waals surface area contributed by atoms with Crippen molar-refractivity contribution in [1.82, 2.24) is 14.5 Å². The molecule has 3 atom stereocenters. The van der Waals surface area contributed by atoms with Gasteiger partial charge in [-0.25, -0.2) is 15.1 Å². The molecule has 0 unspecified atom stereocenters. The van der Waals surface area contributed by atoms with Crippen LogP contribution in [0.2, 0.25) is 0 Å². The van der Waals surface area contributed by atoms with Crippen LogP contribution in [-0.4, -0.2) is 40.3 Å². The van der Waals surface area contributed by atoms with E-state index in [0.29, 0.717) is 12.8 Å². The van der Waals surface area contributed by atoms with Crippen LogP contribution in [0.1, 0.15) is 24.6 Å². The first-order chi connectivity index (χ1) is 9.85. The minimum Gasteiger partial charge on any atom is -0.390 e. The average Bonchev–Trinajstić information content (AvgIpc) is 2.93. The van der Waals surface area contributed by atoms with E-state index in [0.717, 1.165) is 16.7 Å². The maximum absolute atomic E-state index is 11.0. The summed E-state index contributed by atoms with van der Waals surface area (Å²) in [5.74, 6) is 0. The van der Waals surface area contributed by atoms with E-state index >= 15 is 0 Å². The first-order valence-electron chi connectivity index (χ1n) is 6.52. The van der Waals surface area contributed by atoms with Gasteiger partial charge in [-0.2, -0.15) is 8.42 Å². The van der Waals surface area contributed by atoms with Gasteiger partial charge in [-0.1, -0.05) is 0 Å². The van der Waals surface area contributed by atoms with Crippen LogP contribution < -0.4 is 5.14 Å². The first kappa shape index (κ1) is 14.4. The molecular weight excluding hydrogens is 296 g/mol. The van der Waals surface area contributed by atoms with Crippen molar-refractivity contribution in [3.63, 3.8) is 0 Å². The number of aromatic nitrogens is 3. The number of nitrogens with two attached hydrogens (primary N) is 1. The van der Waals surface area contributed by atoms with Crippen LogP contribution in [0.25, 0.3) is 11.0 Å². The van der Waals surface area contributed by atoms with Crippen LogP contribution in [0.15, 0.2) is 18.6 Å². The third-order valence-corrected chi connectivity index (χ3v) is 4.32. The van der Waals surface area contributed by atoms with E-state index in [9.17, 15) is 13.5 Å². The largest absolute Gasteiger partial charge is 0.390 e. The van der Waals surface area contributed by atoms with Gasteiger partial charge in [0.25, 0.3) is 0 Å². The summed E-state index contributed by atoms with van der Waals surface area (Å²) < 4.78 is 28.6. The molecule has 0 amide bonds. The van der Waals surface area contributed by atoms with Crippen LogP contribution in [0.3, 0.4) is 0 Å². The van der Waals surface area contributed by atoms with Crippen molar-refractivity contribution in [2.75, 3.05) is 0 Å². The summed E-state index contributed by atoms with van der Waals surface area (Å²) >= 11 is 0. The summed E-state index contributed by atoms with van der Waals surface area (Å²) in [4.78, 5) is 8.39. The molecule has 9 heteroatoms. The van der Waals surface area contributed by atoms with Crippen molar-refractivity contribution in [2.24, 2.45) is 5.14 Å². The fourth-order valence-corrected chi connectivity index (χ4v) is 3.40. The molecule has 114 valence electrons. The molecule has 1 fully saturated rings. The predicted molar refractivity (Wildman–Crippen MR) is 74.5 cm³/mol. The molecule has 21 heavy (non-hydrogen) atoms. The van der Waals surface area contributed by atoms with Gasteiger partial charge in [0.05, 0.1) is 11.8 Å². The molecule has 2 aromatic heterocycles. The summed E-state index contributed by atoms with van der Waals surface area (Å²) in [6.45, 7) is 1.89. The smallest absolute Gasteiger partial charge is 0.333 e. The Kier molecular flexibility index (Phi) is 3.44. The van der Waals surface area contributed by atoms with Gasteiger partial charge in [0.1, 0.15) is 18.1 Å². The number of hydrogen-bond acceptors (Lipinski definition) is 6. The van der Waals surface area contributed by atoms with Gasteiger partial charge >= 0.3 is 10.3 Å². The number of fused-ring (bicyclic) bond motifs is 1. The lowest BCUT2D eigenvalue weighted by molar-refractivity contribution is 0.0645. The number of hydrogen-bond donors (Lipinski definition) is 2. The summed E-state index contributed by atoms with van der Waals surface area (Å²) in [6.07, 6.45) is 2.37. The lowest BCUT2D eigenvalue weighted by Crippen LogP contribution is -2.29. The van der Waals surface area contributed by atoms with Crippen molar-refractivity contribution in [3.05, 3.63) is 24.3 Å². The second kappa shape index (κ2) is 5.02. The number of nitrogens with zero attached hydrogens (tertiary/aromatic N) is 3. The first-order valence-corrected chi connectivity index (χ1v) is 7.99. The topological polar surface area (TPSA) is 120 Å². The molecule has 2 heterocycles. The predicted octanol–water partition coefficient (Wildman–Crippen LogP) is 0.0242. The third kappa shape index (κ3) is 2.77. The molecule has 0 saturated heterocycles. The maximum Gasteiger partial charge on any atom is 0.333 e. The minimum atomic E-state index is -4.08. The van der Waals surface area contributed by atoms with E-state index in [1.54, 1.807) is 0 Å². The van der Waals surface area contributed by atoms with Gasteiger partial charge in [0.2, 0.25) is 0 Å². The fourth-order valence-electron chi connectivity index (χ4n) is 2.85. The number of aliphatic hydroxyl groups is 1. The van der Waals surface area contributed by atoms with E-state index in [1.807, 2.05) is 23.8 Å². The Morgan fingerprint density at radius 1 is 1.43 bits per heavy atom. The molecule has 2 aromatic rings. The number of rotatable bonds is 3. The third-order valence-electron chi connectivity index (χ3n) is 3.81. The highest BCUT2D eigenvalue weighted by Crippen LogP contribution is 2.35. The van der Waals surface area contributed by atoms with Gasteiger partial charge in [0, 0.05) is 17.6 Å². The van der Waals surface area contributed by atoms with Gasteiger partial charge < -0.3 is 9.67 Å². The Balaban J connectivity index is 1.89. The van der Waals surface area contributed by atoms with Gasteiger partial charge in [-0.15, -0.1) is 0 Å². The Morgan fingerprint density at radius 3 is 2.90 bits per heavy atom. The Hall–Kier alpha value is -1.55. The molecule has 1 saturated carbocycles. The quantitative estimate of drug-likeness (QED) is 0.824. The maximum atomic E-state index is 11.0. The van der Waals surface area contributed by atoms with Gasteiger partial charge in [-0.05, 0) is 25.8 Å². The van der Waals surface area contributed by atoms with Crippen molar-refractivity contribution < 1.29 is 17.7 Å². The molecular formula is C12H16N4O4S. The lowest BCUT2D eigenvalue weighted by Gasteiger charge is -2.13. The standard InChI is InChI=1S/C12H16N4O4S/c1-7-9-2-3-16(12(9)15-6-14-7)8-4-10(17)11(5-8)20-21(13,18)19/h2-3,6,8,10-11,17H,4-5H2,1H3,(H2,13,18,19)/t8-,10+,11+/m1/s1. The zero-order chi connectivity index (χ0) is 15.2. The monoisotopic (exact) mass is 312 g/mol. The molecule has 8 nitrogen and oxygen atoms in total.